The van der Waals surface area contributed by atoms with Crippen LogP contribution in [0.1, 0.15) is 29.8 Å². The van der Waals surface area contributed by atoms with Crippen LogP contribution in [0.2, 0.25) is 0 Å². The highest BCUT2D eigenvalue weighted by molar-refractivity contribution is 6.05. The third kappa shape index (κ3) is 4.10. The zero-order chi connectivity index (χ0) is 21.1. The maximum absolute atomic E-state index is 12.7. The Bertz CT molecular complexity index is 1210. The zero-order valence-electron chi connectivity index (χ0n) is 17.0. The number of hydrogen-bond acceptors (Lipinski definition) is 6. The molecule has 0 saturated carbocycles. The molecule has 0 bridgehead atoms. The summed E-state index contributed by atoms with van der Waals surface area (Å²) in [6, 6.07) is 12.1. The highest BCUT2D eigenvalue weighted by Crippen LogP contribution is 2.30. The lowest BCUT2D eigenvalue weighted by Crippen LogP contribution is -2.12. The molecule has 2 N–H and O–H groups in total. The van der Waals surface area contributed by atoms with Gasteiger partial charge in [0.25, 0.3) is 5.91 Å². The number of rotatable bonds is 5. The third-order valence-corrected chi connectivity index (χ3v) is 4.72. The third-order valence-electron chi connectivity index (χ3n) is 4.72. The van der Waals surface area contributed by atoms with Crippen molar-refractivity contribution in [1.29, 1.82) is 0 Å². The lowest BCUT2D eigenvalue weighted by molar-refractivity contribution is 0.102. The highest BCUT2D eigenvalue weighted by atomic mass is 16.1. The summed E-state index contributed by atoms with van der Waals surface area (Å²) in [6.07, 6.45) is 6.30. The van der Waals surface area contributed by atoms with Gasteiger partial charge >= 0.3 is 0 Å². The van der Waals surface area contributed by atoms with Gasteiger partial charge in [-0.2, -0.15) is 5.10 Å². The van der Waals surface area contributed by atoms with Crippen molar-refractivity contribution in [2.24, 2.45) is 0 Å². The van der Waals surface area contributed by atoms with E-state index in [9.17, 15) is 4.79 Å². The summed E-state index contributed by atoms with van der Waals surface area (Å²) >= 11 is 0. The topological polar surface area (TPSA) is 92.7 Å². The van der Waals surface area contributed by atoms with E-state index < -0.39 is 0 Å². The number of anilines is 2. The van der Waals surface area contributed by atoms with Gasteiger partial charge in [0.05, 0.1) is 24.3 Å². The van der Waals surface area contributed by atoms with Gasteiger partial charge in [-0.05, 0) is 61.7 Å². The van der Waals surface area contributed by atoms with Crippen LogP contribution in [-0.4, -0.2) is 32.1 Å². The van der Waals surface area contributed by atoms with Gasteiger partial charge < -0.3 is 10.6 Å². The van der Waals surface area contributed by atoms with E-state index in [-0.39, 0.29) is 11.9 Å². The molecule has 0 aliphatic carbocycles. The largest absolute Gasteiger partial charge is 0.366 e. The molecule has 1 amide bonds. The molecule has 0 saturated heterocycles. The number of hydrogen-bond donors (Lipinski definition) is 2. The zero-order valence-corrected chi connectivity index (χ0v) is 17.0. The van der Waals surface area contributed by atoms with Gasteiger partial charge in [-0.3, -0.25) is 4.79 Å². The predicted octanol–water partition coefficient (Wildman–Crippen LogP) is 4.47. The van der Waals surface area contributed by atoms with E-state index in [4.69, 9.17) is 0 Å². The molecular weight excluding hydrogens is 376 g/mol. The fourth-order valence-electron chi connectivity index (χ4n) is 3.28. The van der Waals surface area contributed by atoms with Crippen molar-refractivity contribution in [1.82, 2.24) is 20.2 Å². The summed E-state index contributed by atoms with van der Waals surface area (Å²) in [7, 11) is 0. The van der Waals surface area contributed by atoms with Crippen LogP contribution in [0.15, 0.2) is 61.3 Å². The second-order valence-electron chi connectivity index (χ2n) is 7.41. The molecule has 7 nitrogen and oxygen atoms in total. The van der Waals surface area contributed by atoms with Crippen molar-refractivity contribution in [3.05, 3.63) is 72.4 Å². The first-order valence-corrected chi connectivity index (χ1v) is 9.70. The fourth-order valence-corrected chi connectivity index (χ4v) is 3.28. The van der Waals surface area contributed by atoms with Crippen molar-refractivity contribution in [2.45, 2.75) is 26.8 Å². The van der Waals surface area contributed by atoms with E-state index in [0.717, 1.165) is 33.3 Å². The fraction of sp³-hybridized carbons (Fsp3) is 0.174. The lowest BCUT2D eigenvalue weighted by atomic mass is 9.96. The van der Waals surface area contributed by atoms with Crippen molar-refractivity contribution in [3.63, 3.8) is 0 Å². The number of carbonyl (C=O) groups is 1. The molecule has 0 fully saturated rings. The number of aromatic nitrogens is 4. The number of nitrogens with zero attached hydrogens (tertiary/aromatic N) is 4. The predicted molar refractivity (Wildman–Crippen MR) is 118 cm³/mol. The van der Waals surface area contributed by atoms with Gasteiger partial charge in [-0.15, -0.1) is 5.10 Å². The van der Waals surface area contributed by atoms with Crippen LogP contribution in [0.5, 0.6) is 0 Å². The maximum atomic E-state index is 12.7. The molecule has 2 aromatic heterocycles. The average Bonchev–Trinajstić information content (AvgIpc) is 2.74. The Hall–Kier alpha value is -3.87. The Morgan fingerprint density at radius 1 is 1.00 bits per heavy atom. The normalized spacial score (nSPS) is 10.9. The molecule has 0 aliphatic heterocycles. The molecule has 2 heterocycles. The van der Waals surface area contributed by atoms with E-state index in [1.165, 1.54) is 6.33 Å². The van der Waals surface area contributed by atoms with Gasteiger partial charge in [0.15, 0.2) is 5.82 Å². The van der Waals surface area contributed by atoms with E-state index in [1.807, 2.05) is 37.3 Å². The van der Waals surface area contributed by atoms with Gasteiger partial charge in [0.2, 0.25) is 0 Å². The Labute approximate surface area is 174 Å². The average molecular weight is 398 g/mol. The second-order valence-corrected chi connectivity index (χ2v) is 7.41. The quantitative estimate of drug-likeness (QED) is 0.515. The molecule has 0 spiro atoms. The number of amides is 1. The van der Waals surface area contributed by atoms with Crippen LogP contribution in [0.4, 0.5) is 11.5 Å². The van der Waals surface area contributed by atoms with Crippen molar-refractivity contribution in [2.75, 3.05) is 10.6 Å². The minimum Gasteiger partial charge on any atom is -0.366 e. The number of nitrogens with one attached hydrogen (secondary N) is 2. The summed E-state index contributed by atoms with van der Waals surface area (Å²) in [5.41, 5.74) is 4.20. The number of carbonyl (C=O) groups excluding carboxylic acids is 1. The minimum absolute atomic E-state index is 0.207. The minimum atomic E-state index is -0.207. The van der Waals surface area contributed by atoms with Crippen LogP contribution in [0, 0.1) is 6.92 Å². The van der Waals surface area contributed by atoms with Crippen LogP contribution in [0.25, 0.3) is 21.9 Å². The Balaban J connectivity index is 1.69. The summed E-state index contributed by atoms with van der Waals surface area (Å²) in [4.78, 5) is 20.5. The van der Waals surface area contributed by atoms with Gasteiger partial charge in [0, 0.05) is 22.4 Å². The maximum Gasteiger partial charge on any atom is 0.255 e. The molecule has 0 aliphatic rings. The number of aryl methyl sites for hydroxylation is 1. The van der Waals surface area contributed by atoms with Gasteiger partial charge in [0.1, 0.15) is 6.33 Å². The van der Waals surface area contributed by atoms with E-state index in [2.05, 4.69) is 50.7 Å². The Morgan fingerprint density at radius 3 is 2.57 bits per heavy atom. The molecule has 4 aromatic rings. The number of benzene rings is 2. The Kier molecular flexibility index (Phi) is 5.34. The Morgan fingerprint density at radius 2 is 1.80 bits per heavy atom. The van der Waals surface area contributed by atoms with E-state index in [1.54, 1.807) is 18.6 Å². The van der Waals surface area contributed by atoms with Crippen LogP contribution in [0.3, 0.4) is 0 Å². The summed E-state index contributed by atoms with van der Waals surface area (Å²) in [5, 5.41) is 16.5. The molecule has 30 heavy (non-hydrogen) atoms. The molecule has 0 unspecified atom stereocenters. The molecule has 4 rings (SSSR count). The van der Waals surface area contributed by atoms with E-state index in [0.29, 0.717) is 11.3 Å². The van der Waals surface area contributed by atoms with Crippen molar-refractivity contribution < 1.29 is 4.79 Å². The van der Waals surface area contributed by atoms with Gasteiger partial charge in [-0.1, -0.05) is 12.1 Å². The molecule has 150 valence electrons. The lowest BCUT2D eigenvalue weighted by Gasteiger charge is -2.13. The molecule has 0 radical (unpaired) electrons. The second kappa shape index (κ2) is 8.24. The van der Waals surface area contributed by atoms with E-state index >= 15 is 0 Å². The summed E-state index contributed by atoms with van der Waals surface area (Å²) in [6.45, 7) is 6.16. The standard InChI is InChI=1S/C23H22N6O/c1-14(2)27-22-20-7-6-16(8-18(20)10-26-29-22)21-9-17(5-4-15(21)3)23(30)28-19-11-24-13-25-12-19/h4-14H,1-3H3,(H,27,29)(H,28,30). The molecule has 2 aromatic carbocycles. The monoisotopic (exact) mass is 398 g/mol. The summed E-state index contributed by atoms with van der Waals surface area (Å²) < 4.78 is 0. The first-order valence-electron chi connectivity index (χ1n) is 9.70. The van der Waals surface area contributed by atoms with Gasteiger partial charge in [-0.25, -0.2) is 9.97 Å². The van der Waals surface area contributed by atoms with Crippen LogP contribution >= 0.6 is 0 Å². The SMILES string of the molecule is Cc1ccc(C(=O)Nc2cncnc2)cc1-c1ccc2c(NC(C)C)nncc2c1. The molecule has 7 heteroatoms. The highest BCUT2D eigenvalue weighted by Gasteiger charge is 2.12. The first-order chi connectivity index (χ1) is 14.5. The van der Waals surface area contributed by atoms with Crippen LogP contribution in [-0.2, 0) is 0 Å². The molecule has 0 atom stereocenters. The van der Waals surface area contributed by atoms with Crippen LogP contribution < -0.4 is 10.6 Å². The van der Waals surface area contributed by atoms with Crippen molar-refractivity contribution >= 4 is 28.2 Å². The number of fused-ring (bicyclic) bond motifs is 1. The molecular formula is C23H22N6O. The first kappa shape index (κ1) is 19.4. The smallest absolute Gasteiger partial charge is 0.255 e. The van der Waals surface area contributed by atoms with Crippen molar-refractivity contribution in [3.8, 4) is 11.1 Å². The summed E-state index contributed by atoms with van der Waals surface area (Å²) in [5.74, 6) is 0.560.